The molecule has 0 aromatic rings. The van der Waals surface area contributed by atoms with E-state index < -0.39 is 13.9 Å². The molecule has 1 rings (SSSR count). The molecule has 0 spiro atoms. The summed E-state index contributed by atoms with van der Waals surface area (Å²) >= 11 is 5.53. The first kappa shape index (κ1) is 6.60. The van der Waals surface area contributed by atoms with Gasteiger partial charge in [0.25, 0.3) is 0 Å². The van der Waals surface area contributed by atoms with Crippen LogP contribution in [0.1, 0.15) is 0 Å². The number of aliphatic hydroxyl groups is 1. The molecule has 0 bridgehead atoms. The van der Waals surface area contributed by atoms with Gasteiger partial charge in [-0.1, -0.05) is 0 Å². The highest BCUT2D eigenvalue weighted by Crippen LogP contribution is 2.34. The second-order valence-electron chi connectivity index (χ2n) is 2.03. The fraction of sp³-hybridized carbons (Fsp3) is 1.00. The molecule has 48 valence electrons. The van der Waals surface area contributed by atoms with Crippen LogP contribution in [0.3, 0.4) is 0 Å². The number of aliphatic hydroxyl groups excluding tert-OH is 1. The maximum atomic E-state index is 10.6. The minimum atomic E-state index is -1.49. The van der Waals surface area contributed by atoms with Gasteiger partial charge in [-0.2, -0.15) is 0 Å². The Morgan fingerprint density at radius 2 is 2.25 bits per heavy atom. The lowest BCUT2D eigenvalue weighted by atomic mass is 10.3. The number of hydrogen-bond acceptors (Lipinski definition) is 2. The topological polar surface area (TPSA) is 37.3 Å². The number of halogens is 1. The van der Waals surface area contributed by atoms with Crippen LogP contribution in [0, 0.1) is 0 Å². The zero-order chi connectivity index (χ0) is 6.15. The van der Waals surface area contributed by atoms with E-state index in [1.165, 1.54) is 0 Å². The van der Waals surface area contributed by atoms with Crippen LogP contribution >= 0.6 is 19.4 Å². The molecule has 2 nitrogen and oxygen atoms in total. The zero-order valence-corrected chi connectivity index (χ0v) is 6.06. The van der Waals surface area contributed by atoms with Crippen molar-refractivity contribution in [1.29, 1.82) is 0 Å². The van der Waals surface area contributed by atoms with E-state index in [4.69, 9.17) is 16.7 Å². The first-order chi connectivity index (χ1) is 3.70. The second-order valence-corrected chi connectivity index (χ2v) is 4.48. The molecular weight excluding hydrogens is 146 g/mol. The molecule has 0 radical (unpaired) electrons. The fourth-order valence-electron chi connectivity index (χ4n) is 0.798. The van der Waals surface area contributed by atoms with Crippen LogP contribution in [-0.4, -0.2) is 28.9 Å². The standard InChI is InChI=1S/C4H8ClO2P/c5-3-1-8(7)2-4(3)6/h3-4,6,8H,1-2H2. The predicted molar refractivity (Wildman–Crippen MR) is 34.4 cm³/mol. The molecule has 1 N–H and O–H groups in total. The van der Waals surface area contributed by atoms with Crippen molar-refractivity contribution in [2.75, 3.05) is 12.3 Å². The third kappa shape index (κ3) is 1.25. The van der Waals surface area contributed by atoms with Crippen molar-refractivity contribution in [1.82, 2.24) is 0 Å². The van der Waals surface area contributed by atoms with E-state index in [0.29, 0.717) is 12.3 Å². The summed E-state index contributed by atoms with van der Waals surface area (Å²) in [6.45, 7) is 0. The predicted octanol–water partition coefficient (Wildman–Crippen LogP) is 0.528. The van der Waals surface area contributed by atoms with Crippen molar-refractivity contribution in [2.24, 2.45) is 0 Å². The summed E-state index contributed by atoms with van der Waals surface area (Å²) in [7, 11) is -1.49. The molecule has 1 saturated heterocycles. The molecule has 1 aliphatic rings. The molecule has 1 heterocycles. The van der Waals surface area contributed by atoms with Gasteiger partial charge in [0.15, 0.2) is 0 Å². The van der Waals surface area contributed by atoms with Crippen molar-refractivity contribution in [3.05, 3.63) is 0 Å². The Balaban J connectivity index is 2.51. The van der Waals surface area contributed by atoms with Gasteiger partial charge < -0.3 is 9.67 Å². The van der Waals surface area contributed by atoms with Crippen LogP contribution in [0.25, 0.3) is 0 Å². The Morgan fingerprint density at radius 3 is 2.38 bits per heavy atom. The van der Waals surface area contributed by atoms with Crippen LogP contribution in [0.5, 0.6) is 0 Å². The third-order valence-corrected chi connectivity index (χ3v) is 3.75. The van der Waals surface area contributed by atoms with Crippen molar-refractivity contribution in [3.63, 3.8) is 0 Å². The summed E-state index contributed by atoms with van der Waals surface area (Å²) in [5.41, 5.74) is 0. The van der Waals surface area contributed by atoms with Crippen LogP contribution in [0.15, 0.2) is 0 Å². The maximum absolute atomic E-state index is 10.6. The summed E-state index contributed by atoms with van der Waals surface area (Å²) in [6, 6.07) is 0. The van der Waals surface area contributed by atoms with E-state index in [0.717, 1.165) is 0 Å². The quantitative estimate of drug-likeness (QED) is 0.408. The van der Waals surface area contributed by atoms with E-state index in [-0.39, 0.29) is 5.38 Å². The van der Waals surface area contributed by atoms with Gasteiger partial charge in [-0.05, 0) is 0 Å². The van der Waals surface area contributed by atoms with Crippen molar-refractivity contribution in [3.8, 4) is 0 Å². The largest absolute Gasteiger partial charge is 0.391 e. The summed E-state index contributed by atoms with van der Waals surface area (Å²) in [5.74, 6) is 0. The Bertz CT molecular complexity index is 105. The third-order valence-electron chi connectivity index (χ3n) is 1.28. The summed E-state index contributed by atoms with van der Waals surface area (Å²) in [5, 5.41) is 8.61. The molecule has 0 aliphatic carbocycles. The van der Waals surface area contributed by atoms with E-state index in [1.807, 2.05) is 0 Å². The Hall–Kier alpha value is 0.480. The lowest BCUT2D eigenvalue weighted by Crippen LogP contribution is -2.16. The van der Waals surface area contributed by atoms with Crippen molar-refractivity contribution in [2.45, 2.75) is 11.5 Å². The molecule has 0 saturated carbocycles. The van der Waals surface area contributed by atoms with E-state index in [9.17, 15) is 4.57 Å². The highest BCUT2D eigenvalue weighted by atomic mass is 35.5. The van der Waals surface area contributed by atoms with Crippen LogP contribution < -0.4 is 0 Å². The van der Waals surface area contributed by atoms with Crippen LogP contribution in [0.2, 0.25) is 0 Å². The zero-order valence-electron chi connectivity index (χ0n) is 4.30. The first-order valence-corrected chi connectivity index (χ1v) is 4.80. The smallest absolute Gasteiger partial charge is 0.0803 e. The van der Waals surface area contributed by atoms with Gasteiger partial charge in [-0.25, -0.2) is 0 Å². The summed E-state index contributed by atoms with van der Waals surface area (Å²) in [4.78, 5) is 0. The van der Waals surface area contributed by atoms with E-state index in [1.54, 1.807) is 0 Å². The Kier molecular flexibility index (Phi) is 1.97. The summed E-state index contributed by atoms with van der Waals surface area (Å²) < 4.78 is 10.6. The normalized spacial score (nSPS) is 47.5. The minimum absolute atomic E-state index is 0.249. The highest BCUT2D eigenvalue weighted by Gasteiger charge is 2.27. The van der Waals surface area contributed by atoms with Crippen molar-refractivity contribution >= 4 is 19.4 Å². The molecule has 0 aromatic heterocycles. The summed E-state index contributed by atoms with van der Waals surface area (Å²) in [6.07, 6.45) is 0.440. The molecule has 3 atom stereocenters. The van der Waals surface area contributed by atoms with Gasteiger partial charge in [0, 0.05) is 12.3 Å². The van der Waals surface area contributed by atoms with E-state index >= 15 is 0 Å². The number of hydrogen-bond donors (Lipinski definition) is 1. The molecule has 0 aromatic carbocycles. The van der Waals surface area contributed by atoms with Gasteiger partial charge in [-0.3, -0.25) is 0 Å². The monoisotopic (exact) mass is 154 g/mol. The molecule has 1 fully saturated rings. The van der Waals surface area contributed by atoms with Gasteiger partial charge in [0.05, 0.1) is 19.3 Å². The lowest BCUT2D eigenvalue weighted by Gasteiger charge is -2.00. The number of rotatable bonds is 0. The van der Waals surface area contributed by atoms with Crippen LogP contribution in [-0.2, 0) is 4.57 Å². The van der Waals surface area contributed by atoms with Crippen LogP contribution in [0.4, 0.5) is 0 Å². The molecule has 1 aliphatic heterocycles. The molecular formula is C4H8ClO2P. The average Bonchev–Trinajstić information content (AvgIpc) is 1.85. The van der Waals surface area contributed by atoms with Gasteiger partial charge in [0.2, 0.25) is 0 Å². The van der Waals surface area contributed by atoms with Gasteiger partial charge in [0.1, 0.15) is 0 Å². The minimum Gasteiger partial charge on any atom is -0.391 e. The van der Waals surface area contributed by atoms with E-state index in [2.05, 4.69) is 0 Å². The lowest BCUT2D eigenvalue weighted by molar-refractivity contribution is 0.205. The highest BCUT2D eigenvalue weighted by molar-refractivity contribution is 7.45. The second kappa shape index (κ2) is 2.38. The first-order valence-electron chi connectivity index (χ1n) is 2.54. The molecule has 0 amide bonds. The molecule has 3 unspecified atom stereocenters. The average molecular weight is 155 g/mol. The number of alkyl halides is 1. The molecule has 4 heteroatoms. The SMILES string of the molecule is O=[PH]1CC(O)C(Cl)C1. The maximum Gasteiger partial charge on any atom is 0.0803 e. The Morgan fingerprint density at radius 1 is 1.62 bits per heavy atom. The van der Waals surface area contributed by atoms with Gasteiger partial charge >= 0.3 is 0 Å². The molecule has 8 heavy (non-hydrogen) atoms. The Labute approximate surface area is 53.6 Å². The van der Waals surface area contributed by atoms with Crippen molar-refractivity contribution < 1.29 is 9.67 Å². The van der Waals surface area contributed by atoms with Gasteiger partial charge in [-0.15, -0.1) is 11.6 Å². The fourth-order valence-corrected chi connectivity index (χ4v) is 3.18.